The third kappa shape index (κ3) is 6.40. The summed E-state index contributed by atoms with van der Waals surface area (Å²) in [7, 11) is -5.43. The van der Waals surface area contributed by atoms with Crippen LogP contribution in [0.5, 0.6) is 0 Å². The number of ether oxygens (including phenoxy) is 1. The Balaban J connectivity index is 1.31. The molecule has 0 spiro atoms. The van der Waals surface area contributed by atoms with E-state index in [2.05, 4.69) is 5.10 Å². The molecule has 1 fully saturated rings. The average Bonchev–Trinajstić information content (AvgIpc) is 3.53. The molecule has 0 saturated carbocycles. The SMILES string of the molecule is CC(C)(C)OC(=O)c1ccc(-c2cc(Cl)c(C[C@@H]3CCN(C4CCCc5nn([S+](=O)(O)C(F)(F)F)cc54)C3=O)c(Cl)c2)cc1. The lowest BCUT2D eigenvalue weighted by molar-refractivity contribution is -0.133. The Hall–Kier alpha value is -2.93. The molecule has 1 aliphatic heterocycles. The molecule has 2 aliphatic rings. The van der Waals surface area contributed by atoms with Crippen LogP contribution in [0.25, 0.3) is 11.1 Å². The highest BCUT2D eigenvalue weighted by Crippen LogP contribution is 2.41. The van der Waals surface area contributed by atoms with Crippen molar-refractivity contribution in [1.82, 2.24) is 14.1 Å². The number of hydrogen-bond donors (Lipinski definition) is 1. The van der Waals surface area contributed by atoms with Crippen molar-refractivity contribution in [1.29, 1.82) is 0 Å². The van der Waals surface area contributed by atoms with Gasteiger partial charge in [-0.15, -0.1) is 18.3 Å². The van der Waals surface area contributed by atoms with E-state index in [-0.39, 0.29) is 22.1 Å². The van der Waals surface area contributed by atoms with Crippen molar-refractivity contribution in [2.24, 2.45) is 5.92 Å². The third-order valence-corrected chi connectivity index (χ3v) is 9.75. The van der Waals surface area contributed by atoms with E-state index in [4.69, 9.17) is 27.9 Å². The van der Waals surface area contributed by atoms with Gasteiger partial charge in [0.2, 0.25) is 5.91 Å². The Morgan fingerprint density at radius 3 is 2.32 bits per heavy atom. The quantitative estimate of drug-likeness (QED) is 0.214. The summed E-state index contributed by atoms with van der Waals surface area (Å²) in [6, 6.07) is 9.80. The van der Waals surface area contributed by atoms with Crippen molar-refractivity contribution in [2.75, 3.05) is 6.54 Å². The number of aryl methyl sites for hydroxylation is 1. The molecule has 0 radical (unpaired) electrons. The van der Waals surface area contributed by atoms with Crippen LogP contribution in [0.2, 0.25) is 10.0 Å². The van der Waals surface area contributed by atoms with Crippen LogP contribution < -0.4 is 0 Å². The molecule has 1 aliphatic carbocycles. The number of likely N-dealkylation sites (tertiary alicyclic amines) is 1. The molecule has 5 rings (SSSR count). The minimum absolute atomic E-state index is 0.0835. The van der Waals surface area contributed by atoms with Crippen LogP contribution in [0.15, 0.2) is 42.6 Å². The lowest BCUT2D eigenvalue weighted by Crippen LogP contribution is -2.36. The van der Waals surface area contributed by atoms with Gasteiger partial charge < -0.3 is 9.64 Å². The van der Waals surface area contributed by atoms with Crippen LogP contribution in [0.3, 0.4) is 0 Å². The Morgan fingerprint density at radius 1 is 1.09 bits per heavy atom. The summed E-state index contributed by atoms with van der Waals surface area (Å²) in [5.74, 6) is -1.08. The van der Waals surface area contributed by atoms with Crippen LogP contribution in [0.1, 0.15) is 73.3 Å². The molecule has 44 heavy (non-hydrogen) atoms. The van der Waals surface area contributed by atoms with Crippen LogP contribution in [0.4, 0.5) is 13.2 Å². The van der Waals surface area contributed by atoms with Crippen molar-refractivity contribution in [3.8, 4) is 11.1 Å². The molecule has 14 heteroatoms. The van der Waals surface area contributed by atoms with Gasteiger partial charge in [0, 0.05) is 28.1 Å². The van der Waals surface area contributed by atoms with Gasteiger partial charge in [0.1, 0.15) is 5.60 Å². The molecule has 2 unspecified atom stereocenters. The fourth-order valence-corrected chi connectivity index (χ4v) is 6.97. The molecule has 1 N–H and O–H groups in total. The number of carbonyl (C=O) groups excluding carboxylic acids is 2. The Labute approximate surface area is 263 Å². The zero-order valence-corrected chi connectivity index (χ0v) is 26.5. The number of halogens is 5. The highest BCUT2D eigenvalue weighted by Gasteiger charge is 2.62. The van der Waals surface area contributed by atoms with Crippen molar-refractivity contribution < 1.29 is 36.3 Å². The summed E-state index contributed by atoms with van der Waals surface area (Å²) >= 11 is 13.3. The zero-order chi connectivity index (χ0) is 32.2. The second-order valence-corrected chi connectivity index (χ2v) is 14.6. The third-order valence-electron chi connectivity index (χ3n) is 7.78. The van der Waals surface area contributed by atoms with E-state index in [1.165, 1.54) is 0 Å². The largest absolute Gasteiger partial charge is 0.635 e. The summed E-state index contributed by atoms with van der Waals surface area (Å²) in [6.45, 7) is 5.74. The Morgan fingerprint density at radius 2 is 1.73 bits per heavy atom. The van der Waals surface area contributed by atoms with Crippen molar-refractivity contribution in [3.63, 3.8) is 0 Å². The molecule has 8 nitrogen and oxygen atoms in total. The molecule has 2 heterocycles. The van der Waals surface area contributed by atoms with Gasteiger partial charge in [-0.05, 0) is 102 Å². The van der Waals surface area contributed by atoms with Crippen molar-refractivity contribution in [2.45, 2.75) is 70.0 Å². The van der Waals surface area contributed by atoms with Gasteiger partial charge in [0.25, 0.3) is 0 Å². The zero-order valence-electron chi connectivity index (χ0n) is 24.2. The second kappa shape index (κ2) is 11.8. The van der Waals surface area contributed by atoms with Crippen LogP contribution >= 0.6 is 23.2 Å². The van der Waals surface area contributed by atoms with Gasteiger partial charge in [-0.2, -0.15) is 4.55 Å². The molecule has 1 amide bonds. The predicted octanol–water partition coefficient (Wildman–Crippen LogP) is 7.54. The number of esters is 1. The topological polar surface area (TPSA) is 102 Å². The number of carbonyl (C=O) groups is 2. The lowest BCUT2D eigenvalue weighted by Gasteiger charge is -2.31. The fourth-order valence-electron chi connectivity index (χ4n) is 5.66. The van der Waals surface area contributed by atoms with Gasteiger partial charge >= 0.3 is 21.9 Å². The molecule has 0 bridgehead atoms. The number of fused-ring (bicyclic) bond motifs is 1. The van der Waals surface area contributed by atoms with Gasteiger partial charge in [-0.25, -0.2) is 4.79 Å². The van der Waals surface area contributed by atoms with Crippen LogP contribution in [-0.4, -0.2) is 48.2 Å². The second-order valence-electron chi connectivity index (χ2n) is 12.0. The monoisotopic (exact) mass is 672 g/mol. The summed E-state index contributed by atoms with van der Waals surface area (Å²) in [5.41, 5.74) is -2.85. The predicted molar refractivity (Wildman–Crippen MR) is 161 cm³/mol. The Kier molecular flexibility index (Phi) is 8.69. The van der Waals surface area contributed by atoms with E-state index in [9.17, 15) is 31.5 Å². The highest BCUT2D eigenvalue weighted by molar-refractivity contribution is 7.97. The number of aromatic nitrogens is 2. The number of hydrogen-bond acceptors (Lipinski definition) is 5. The van der Waals surface area contributed by atoms with E-state index in [1.807, 2.05) is 0 Å². The van der Waals surface area contributed by atoms with E-state index in [0.717, 1.165) is 17.3 Å². The molecule has 1 aromatic heterocycles. The van der Waals surface area contributed by atoms with E-state index >= 15 is 0 Å². The number of alkyl halides is 3. The molecular formula is C30H31Cl2F3N3O5S+. The van der Waals surface area contributed by atoms with Crippen LogP contribution in [-0.2, 0) is 37.0 Å². The first-order valence-electron chi connectivity index (χ1n) is 14.0. The van der Waals surface area contributed by atoms with E-state index < -0.39 is 39.4 Å². The maximum Gasteiger partial charge on any atom is 0.635 e. The normalized spacial score (nSPS) is 20.4. The molecule has 236 valence electrons. The summed E-state index contributed by atoms with van der Waals surface area (Å²) in [5, 5.41) is 4.53. The average molecular weight is 674 g/mol. The van der Waals surface area contributed by atoms with E-state index in [1.54, 1.807) is 62.1 Å². The first kappa shape index (κ1) is 32.5. The maximum atomic E-state index is 13.6. The minimum Gasteiger partial charge on any atom is -0.456 e. The first-order chi connectivity index (χ1) is 20.5. The summed E-state index contributed by atoms with van der Waals surface area (Å²) < 4.78 is 66.8. The lowest BCUT2D eigenvalue weighted by atomic mass is 9.91. The van der Waals surface area contributed by atoms with Gasteiger partial charge in [0.15, 0.2) is 0 Å². The smallest absolute Gasteiger partial charge is 0.456 e. The number of nitrogens with zero attached hydrogens (tertiary/aromatic N) is 3. The Bertz CT molecular complexity index is 1630. The fraction of sp³-hybridized carbons (Fsp3) is 0.433. The summed E-state index contributed by atoms with van der Waals surface area (Å²) in [4.78, 5) is 27.5. The molecule has 1 saturated heterocycles. The number of amides is 1. The van der Waals surface area contributed by atoms with E-state index in [0.29, 0.717) is 59.0 Å². The van der Waals surface area contributed by atoms with Crippen molar-refractivity contribution >= 4 is 45.5 Å². The minimum atomic E-state index is -5.43. The molecular weight excluding hydrogens is 642 g/mol. The molecule has 2 aromatic carbocycles. The van der Waals surface area contributed by atoms with Gasteiger partial charge in [-0.3, -0.25) is 4.79 Å². The summed E-state index contributed by atoms with van der Waals surface area (Å²) in [6.07, 6.45) is 3.11. The number of rotatable bonds is 6. The van der Waals surface area contributed by atoms with Crippen LogP contribution in [0, 0.1) is 5.92 Å². The molecule has 3 aromatic rings. The standard InChI is InChI=1S/C30H30Cl2F3N3O5S/c1-29(2,3)43-28(40)18-9-7-17(8-10-18)20-14-23(31)21(24(32)15-20)13-19-11-12-37(27(19)39)26-6-4-5-25-22(26)16-38(36-25)44(41,42)30(33,34)35/h7-10,14-16,19,26H,4-6,11-13H2,1-3H3/p+1/t19-,26?/m0/s1. The van der Waals surface area contributed by atoms with Crippen molar-refractivity contribution in [3.05, 3.63) is 75.0 Å². The van der Waals surface area contributed by atoms with Gasteiger partial charge in [-0.1, -0.05) is 35.3 Å². The first-order valence-corrected chi connectivity index (χ1v) is 16.2. The maximum absolute atomic E-state index is 13.6. The molecule has 3 atom stereocenters. The highest BCUT2D eigenvalue weighted by atomic mass is 35.5. The van der Waals surface area contributed by atoms with Gasteiger partial charge in [0.05, 0.1) is 23.5 Å². The number of benzene rings is 2.